The van der Waals surface area contributed by atoms with E-state index in [1.807, 2.05) is 63.5 Å². The topological polar surface area (TPSA) is 112 Å². The third-order valence-corrected chi connectivity index (χ3v) is 6.28. The molecule has 0 saturated heterocycles. The van der Waals surface area contributed by atoms with Crippen molar-refractivity contribution in [3.05, 3.63) is 153 Å². The number of nitro benzene ring substituents is 2. The molecule has 8 nitrogen and oxygen atoms in total. The third kappa shape index (κ3) is 6.49. The van der Waals surface area contributed by atoms with Crippen molar-refractivity contribution in [2.75, 3.05) is 0 Å². The number of rotatable bonds is 4. The smallest absolute Gasteiger partial charge is 0.258 e. The van der Waals surface area contributed by atoms with Gasteiger partial charge < -0.3 is 0 Å². The summed E-state index contributed by atoms with van der Waals surface area (Å²) in [7, 11) is 0. The Morgan fingerprint density at radius 1 is 0.590 bits per heavy atom. The predicted octanol–water partition coefficient (Wildman–Crippen LogP) is 7.10. The van der Waals surface area contributed by atoms with Gasteiger partial charge in [-0.05, 0) is 86.8 Å². The molecule has 0 unspecified atom stereocenters. The van der Waals surface area contributed by atoms with Crippen LogP contribution in [0.1, 0.15) is 11.1 Å². The second-order valence-corrected chi connectivity index (χ2v) is 9.18. The second-order valence-electron chi connectivity index (χ2n) is 8.30. The molecule has 39 heavy (non-hydrogen) atoms. The zero-order chi connectivity index (χ0) is 26.8. The summed E-state index contributed by atoms with van der Waals surface area (Å²) in [6.45, 7) is 0. The Bertz CT molecular complexity index is 1420. The summed E-state index contributed by atoms with van der Waals surface area (Å²) in [5, 5.41) is 24.0. The van der Waals surface area contributed by atoms with Crippen LogP contribution in [0.15, 0.2) is 48.8 Å². The maximum Gasteiger partial charge on any atom is 2.00 e. The number of halogens is 2. The summed E-state index contributed by atoms with van der Waals surface area (Å²) in [4.78, 5) is 29.4. The molecule has 2 aromatic heterocycles. The summed E-state index contributed by atoms with van der Waals surface area (Å²) in [5.41, 5.74) is 2.38. The van der Waals surface area contributed by atoms with Crippen LogP contribution >= 0.6 is 23.2 Å². The van der Waals surface area contributed by atoms with Crippen molar-refractivity contribution in [1.29, 1.82) is 0 Å². The van der Waals surface area contributed by atoms with Gasteiger partial charge in [-0.2, -0.15) is 0 Å². The molecule has 0 atom stereocenters. The number of hydrogen-bond acceptors (Lipinski definition) is 6. The summed E-state index contributed by atoms with van der Waals surface area (Å²) in [5.74, 6) is 2.05. The van der Waals surface area contributed by atoms with Crippen LogP contribution in [-0.4, -0.2) is 19.8 Å². The maximum atomic E-state index is 11.0. The van der Waals surface area contributed by atoms with Gasteiger partial charge in [-0.1, -0.05) is 23.2 Å². The normalized spacial score (nSPS) is 15.6. The van der Waals surface area contributed by atoms with E-state index in [4.69, 9.17) is 23.2 Å². The van der Waals surface area contributed by atoms with E-state index < -0.39 is 9.85 Å². The number of nitrogens with zero attached hydrogens (tertiary/aromatic N) is 4. The van der Waals surface area contributed by atoms with Crippen LogP contribution in [0.5, 0.6) is 0 Å². The molecule has 0 spiro atoms. The second kappa shape index (κ2) is 12.6. The fourth-order valence-electron chi connectivity index (χ4n) is 4.12. The van der Waals surface area contributed by atoms with Gasteiger partial charge in [-0.15, -0.1) is 0 Å². The Hall–Kier alpha value is -2.84. The molecule has 2 saturated carbocycles. The number of benzene rings is 2. The number of nitro groups is 2. The van der Waals surface area contributed by atoms with Gasteiger partial charge in [0.25, 0.3) is 11.4 Å². The quantitative estimate of drug-likeness (QED) is 0.141. The summed E-state index contributed by atoms with van der Waals surface area (Å²) in [6.07, 6.45) is 18.8. The summed E-state index contributed by atoms with van der Waals surface area (Å²) >= 11 is 11.8. The van der Waals surface area contributed by atoms with E-state index in [-0.39, 0.29) is 28.4 Å². The van der Waals surface area contributed by atoms with E-state index >= 15 is 0 Å². The van der Waals surface area contributed by atoms with E-state index in [0.29, 0.717) is 31.9 Å². The van der Waals surface area contributed by atoms with Gasteiger partial charge in [0.1, 0.15) is 11.0 Å². The molecule has 2 aliphatic carbocycles. The number of pyridine rings is 2. The van der Waals surface area contributed by atoms with Crippen LogP contribution in [0.25, 0.3) is 21.8 Å². The largest absolute Gasteiger partial charge is 2.00 e. The van der Waals surface area contributed by atoms with E-state index in [2.05, 4.69) is 9.97 Å². The monoisotopic (exact) mass is 598 g/mol. The molecular weight excluding hydrogens is 583 g/mol. The maximum absolute atomic E-state index is 11.0. The Morgan fingerprint density at radius 2 is 0.949 bits per heavy atom. The average molecular weight is 599 g/mol. The van der Waals surface area contributed by atoms with Crippen molar-refractivity contribution in [1.82, 2.24) is 9.97 Å². The summed E-state index contributed by atoms with van der Waals surface area (Å²) < 4.78 is 0. The zero-order valence-electron chi connectivity index (χ0n) is 19.8. The molecule has 0 aliphatic heterocycles. The first-order valence-corrected chi connectivity index (χ1v) is 12.0. The number of non-ortho nitro benzene ring substituents is 2. The molecule has 2 heterocycles. The van der Waals surface area contributed by atoms with Crippen LogP contribution in [0, 0.1) is 83.4 Å². The molecule has 11 heteroatoms. The van der Waals surface area contributed by atoms with E-state index in [9.17, 15) is 20.2 Å². The Labute approximate surface area is 245 Å². The fourth-order valence-corrected chi connectivity index (χ4v) is 4.56. The molecule has 192 valence electrons. The number of hydrogen-bond donors (Lipinski definition) is 0. The average Bonchev–Trinajstić information content (AvgIpc) is 3.62. The Balaban J connectivity index is 0.000000176. The molecule has 10 radical (unpaired) electrons. The standard InChI is InChI=1S/2C14H8ClN2O2.Fe/c2*15-12-6-10-5-11(9-3-1-2-4-9)8-16-14(10)13(7-12)17(18)19;/h2*1-8H;/q;;+2. The minimum absolute atomic E-state index is 0. The van der Waals surface area contributed by atoms with Gasteiger partial charge in [0.2, 0.25) is 0 Å². The van der Waals surface area contributed by atoms with Gasteiger partial charge in [0.05, 0.1) is 9.85 Å². The first-order valence-electron chi connectivity index (χ1n) is 11.2. The van der Waals surface area contributed by atoms with Crippen LogP contribution < -0.4 is 0 Å². The molecule has 0 amide bonds. The number of aromatic nitrogens is 2. The van der Waals surface area contributed by atoms with Crippen molar-refractivity contribution in [2.24, 2.45) is 0 Å². The first-order chi connectivity index (χ1) is 18.3. The Kier molecular flexibility index (Phi) is 9.39. The van der Waals surface area contributed by atoms with Crippen LogP contribution in [0.3, 0.4) is 0 Å². The van der Waals surface area contributed by atoms with Crippen molar-refractivity contribution in [3.8, 4) is 0 Å². The molecule has 2 aromatic carbocycles. The van der Waals surface area contributed by atoms with Gasteiger partial charge in [0.15, 0.2) is 0 Å². The third-order valence-electron chi connectivity index (χ3n) is 5.84. The van der Waals surface area contributed by atoms with Crippen molar-refractivity contribution in [3.63, 3.8) is 0 Å². The molecule has 0 bridgehead atoms. The van der Waals surface area contributed by atoms with Gasteiger partial charge in [-0.3, -0.25) is 20.2 Å². The molecule has 6 rings (SSSR count). The van der Waals surface area contributed by atoms with Crippen LogP contribution in [0.4, 0.5) is 11.4 Å². The van der Waals surface area contributed by atoms with Crippen molar-refractivity contribution >= 4 is 56.4 Å². The molecule has 2 aliphatic rings. The molecule has 4 aromatic rings. The van der Waals surface area contributed by atoms with Gasteiger partial charge in [-0.25, -0.2) is 9.97 Å². The number of fused-ring (bicyclic) bond motifs is 2. The van der Waals surface area contributed by atoms with E-state index in [0.717, 1.165) is 23.0 Å². The van der Waals surface area contributed by atoms with Gasteiger partial charge >= 0.3 is 17.1 Å². The van der Waals surface area contributed by atoms with Crippen LogP contribution in [0.2, 0.25) is 10.0 Å². The zero-order valence-corrected chi connectivity index (χ0v) is 22.4. The SMILES string of the molecule is O=[N+]([O-])c1cc(Cl)cc2cc([C]3[CH][CH][CH][CH]3)cnc12.O=[N+]([O-])c1cc(Cl)cc2cc([C]3[CH][CH][CH][CH]3)cnc12.[Fe+2]. The van der Waals surface area contributed by atoms with Crippen molar-refractivity contribution in [2.45, 2.75) is 0 Å². The Morgan fingerprint density at radius 3 is 1.28 bits per heavy atom. The van der Waals surface area contributed by atoms with Gasteiger partial charge in [0, 0.05) is 57.2 Å². The van der Waals surface area contributed by atoms with Crippen LogP contribution in [-0.2, 0) is 17.1 Å². The molecule has 0 N–H and O–H groups in total. The first kappa shape index (κ1) is 29.1. The minimum Gasteiger partial charge on any atom is -0.258 e. The molecular formula is C28H16Cl2FeN4O4+2. The predicted molar refractivity (Wildman–Crippen MR) is 146 cm³/mol. The fraction of sp³-hybridized carbons (Fsp3) is 0. The molecule has 2 fully saturated rings. The van der Waals surface area contributed by atoms with Crippen molar-refractivity contribution < 1.29 is 26.9 Å². The van der Waals surface area contributed by atoms with E-state index in [1.54, 1.807) is 24.5 Å². The summed E-state index contributed by atoms with van der Waals surface area (Å²) in [6, 6.07) is 9.72. The van der Waals surface area contributed by atoms with E-state index in [1.165, 1.54) is 12.1 Å². The minimum atomic E-state index is -0.469.